The van der Waals surface area contributed by atoms with E-state index in [9.17, 15) is 0 Å². The Labute approximate surface area is 73.2 Å². The maximum absolute atomic E-state index is 5.38. The molecule has 0 aromatic carbocycles. The second-order valence-corrected chi connectivity index (χ2v) is 3.01. The Morgan fingerprint density at radius 1 is 1.17 bits per heavy atom. The summed E-state index contributed by atoms with van der Waals surface area (Å²) in [4.78, 5) is 0. The molecule has 1 N–H and O–H groups in total. The van der Waals surface area contributed by atoms with Crippen molar-refractivity contribution in [3.8, 4) is 0 Å². The Balaban J connectivity index is 2.20. The molecule has 0 aromatic rings. The summed E-state index contributed by atoms with van der Waals surface area (Å²) >= 11 is 0. The first-order chi connectivity index (χ1) is 5.86. The van der Waals surface area contributed by atoms with Crippen LogP contribution in [-0.2, 0) is 14.2 Å². The molecule has 2 atom stereocenters. The van der Waals surface area contributed by atoms with Gasteiger partial charge >= 0.3 is 0 Å². The highest BCUT2D eigenvalue weighted by Gasteiger charge is 2.20. The molecular weight excluding hydrogens is 158 g/mol. The van der Waals surface area contributed by atoms with E-state index in [0.29, 0.717) is 25.3 Å². The standard InChI is InChI=1S/C8H17NO3/c1-10-3-7-5-12-6-8(9-7)4-11-2/h7-9H,3-6H2,1-2H3. The molecule has 2 unspecified atom stereocenters. The highest BCUT2D eigenvalue weighted by atomic mass is 16.5. The fourth-order valence-corrected chi connectivity index (χ4v) is 1.38. The van der Waals surface area contributed by atoms with Crippen LogP contribution in [0.4, 0.5) is 0 Å². The van der Waals surface area contributed by atoms with Crippen molar-refractivity contribution in [1.82, 2.24) is 5.32 Å². The van der Waals surface area contributed by atoms with E-state index in [-0.39, 0.29) is 0 Å². The minimum absolute atomic E-state index is 0.309. The second kappa shape index (κ2) is 5.48. The number of ether oxygens (including phenoxy) is 3. The van der Waals surface area contributed by atoms with Crippen LogP contribution >= 0.6 is 0 Å². The molecule has 4 heteroatoms. The number of nitrogens with one attached hydrogen (secondary N) is 1. The molecule has 0 radical (unpaired) electrons. The topological polar surface area (TPSA) is 39.7 Å². The van der Waals surface area contributed by atoms with Crippen molar-refractivity contribution < 1.29 is 14.2 Å². The van der Waals surface area contributed by atoms with Gasteiger partial charge in [0.1, 0.15) is 0 Å². The lowest BCUT2D eigenvalue weighted by atomic mass is 10.2. The van der Waals surface area contributed by atoms with Crippen LogP contribution in [0.3, 0.4) is 0 Å². The fourth-order valence-electron chi connectivity index (χ4n) is 1.38. The summed E-state index contributed by atoms with van der Waals surface area (Å²) in [6.45, 7) is 2.85. The van der Waals surface area contributed by atoms with Crippen LogP contribution in [0.5, 0.6) is 0 Å². The molecule has 1 fully saturated rings. The summed E-state index contributed by atoms with van der Waals surface area (Å²) < 4.78 is 15.4. The van der Waals surface area contributed by atoms with Gasteiger partial charge in [0.25, 0.3) is 0 Å². The molecule has 0 spiro atoms. The Hall–Kier alpha value is -0.160. The number of hydrogen-bond acceptors (Lipinski definition) is 4. The Morgan fingerprint density at radius 2 is 1.67 bits per heavy atom. The zero-order valence-corrected chi connectivity index (χ0v) is 7.71. The van der Waals surface area contributed by atoms with Crippen LogP contribution in [0, 0.1) is 0 Å². The van der Waals surface area contributed by atoms with E-state index in [1.165, 1.54) is 0 Å². The van der Waals surface area contributed by atoms with Gasteiger partial charge < -0.3 is 19.5 Å². The van der Waals surface area contributed by atoms with Gasteiger partial charge in [0.15, 0.2) is 0 Å². The van der Waals surface area contributed by atoms with E-state index in [2.05, 4.69) is 5.32 Å². The Morgan fingerprint density at radius 3 is 2.08 bits per heavy atom. The molecule has 0 amide bonds. The minimum Gasteiger partial charge on any atom is -0.383 e. The smallest absolute Gasteiger partial charge is 0.0643 e. The molecule has 12 heavy (non-hydrogen) atoms. The van der Waals surface area contributed by atoms with Gasteiger partial charge in [-0.2, -0.15) is 0 Å². The first-order valence-electron chi connectivity index (χ1n) is 4.18. The average molecular weight is 175 g/mol. The SMILES string of the molecule is COCC1COCC(COC)N1. The maximum atomic E-state index is 5.38. The molecule has 1 rings (SSSR count). The summed E-state index contributed by atoms with van der Waals surface area (Å²) in [5.74, 6) is 0. The largest absolute Gasteiger partial charge is 0.383 e. The van der Waals surface area contributed by atoms with Crippen LogP contribution in [0.15, 0.2) is 0 Å². The normalized spacial score (nSPS) is 30.5. The van der Waals surface area contributed by atoms with Gasteiger partial charge in [0.05, 0.1) is 38.5 Å². The van der Waals surface area contributed by atoms with Crippen LogP contribution in [0.2, 0.25) is 0 Å². The van der Waals surface area contributed by atoms with E-state index >= 15 is 0 Å². The first kappa shape index (κ1) is 9.92. The van der Waals surface area contributed by atoms with Gasteiger partial charge in [-0.05, 0) is 0 Å². The molecule has 1 heterocycles. The lowest BCUT2D eigenvalue weighted by molar-refractivity contribution is -0.00219. The molecule has 1 saturated heterocycles. The van der Waals surface area contributed by atoms with Gasteiger partial charge in [-0.15, -0.1) is 0 Å². The average Bonchev–Trinajstić information content (AvgIpc) is 2.06. The molecule has 1 aliphatic rings. The van der Waals surface area contributed by atoms with Crippen LogP contribution in [0.25, 0.3) is 0 Å². The molecule has 4 nitrogen and oxygen atoms in total. The van der Waals surface area contributed by atoms with E-state index in [1.807, 2.05) is 0 Å². The van der Waals surface area contributed by atoms with Crippen molar-refractivity contribution in [3.63, 3.8) is 0 Å². The highest BCUT2D eigenvalue weighted by molar-refractivity contribution is 4.77. The van der Waals surface area contributed by atoms with Gasteiger partial charge in [-0.25, -0.2) is 0 Å². The van der Waals surface area contributed by atoms with Crippen molar-refractivity contribution in [3.05, 3.63) is 0 Å². The van der Waals surface area contributed by atoms with E-state index in [4.69, 9.17) is 14.2 Å². The molecule has 0 saturated carbocycles. The predicted molar refractivity (Wildman–Crippen MR) is 45.3 cm³/mol. The summed E-state index contributed by atoms with van der Waals surface area (Å²) in [5.41, 5.74) is 0. The Bertz CT molecular complexity index is 105. The third-order valence-corrected chi connectivity index (χ3v) is 1.85. The second-order valence-electron chi connectivity index (χ2n) is 3.01. The minimum atomic E-state index is 0.309. The van der Waals surface area contributed by atoms with Gasteiger partial charge in [-0.1, -0.05) is 0 Å². The molecule has 1 aliphatic heterocycles. The zero-order valence-electron chi connectivity index (χ0n) is 7.71. The fraction of sp³-hybridized carbons (Fsp3) is 1.00. The maximum Gasteiger partial charge on any atom is 0.0643 e. The monoisotopic (exact) mass is 175 g/mol. The van der Waals surface area contributed by atoms with Crippen molar-refractivity contribution >= 4 is 0 Å². The first-order valence-corrected chi connectivity index (χ1v) is 4.18. The molecule has 72 valence electrons. The van der Waals surface area contributed by atoms with Gasteiger partial charge in [-0.3, -0.25) is 0 Å². The number of rotatable bonds is 4. The van der Waals surface area contributed by atoms with E-state index in [1.54, 1.807) is 14.2 Å². The van der Waals surface area contributed by atoms with Crippen LogP contribution in [-0.4, -0.2) is 52.7 Å². The van der Waals surface area contributed by atoms with Crippen LogP contribution in [0.1, 0.15) is 0 Å². The molecule has 0 bridgehead atoms. The highest BCUT2D eigenvalue weighted by Crippen LogP contribution is 2.00. The molecule has 0 aromatic heterocycles. The number of hydrogen-bond donors (Lipinski definition) is 1. The zero-order chi connectivity index (χ0) is 8.81. The molecule has 0 aliphatic carbocycles. The lowest BCUT2D eigenvalue weighted by Gasteiger charge is -2.30. The Kier molecular flexibility index (Phi) is 4.53. The predicted octanol–water partition coefficient (Wildman–Crippen LogP) is -0.364. The molecular formula is C8H17NO3. The third kappa shape index (κ3) is 3.06. The van der Waals surface area contributed by atoms with Crippen LogP contribution < -0.4 is 5.32 Å². The van der Waals surface area contributed by atoms with Crippen molar-refractivity contribution in [2.75, 3.05) is 40.6 Å². The third-order valence-electron chi connectivity index (χ3n) is 1.85. The number of methoxy groups -OCH3 is 2. The quantitative estimate of drug-likeness (QED) is 0.633. The van der Waals surface area contributed by atoms with Gasteiger partial charge in [0.2, 0.25) is 0 Å². The summed E-state index contributed by atoms with van der Waals surface area (Å²) in [7, 11) is 3.39. The van der Waals surface area contributed by atoms with E-state index in [0.717, 1.165) is 13.2 Å². The number of morpholine rings is 1. The lowest BCUT2D eigenvalue weighted by Crippen LogP contribution is -2.52. The summed E-state index contributed by atoms with van der Waals surface area (Å²) in [5, 5.41) is 3.38. The van der Waals surface area contributed by atoms with Crippen molar-refractivity contribution in [2.45, 2.75) is 12.1 Å². The van der Waals surface area contributed by atoms with Crippen molar-refractivity contribution in [1.29, 1.82) is 0 Å². The summed E-state index contributed by atoms with van der Waals surface area (Å²) in [6, 6.07) is 0.618. The summed E-state index contributed by atoms with van der Waals surface area (Å²) in [6.07, 6.45) is 0. The van der Waals surface area contributed by atoms with E-state index < -0.39 is 0 Å². The van der Waals surface area contributed by atoms with Gasteiger partial charge in [0, 0.05) is 14.2 Å². The van der Waals surface area contributed by atoms with Crippen molar-refractivity contribution in [2.24, 2.45) is 0 Å².